The zero-order valence-corrected chi connectivity index (χ0v) is 15.9. The summed E-state index contributed by atoms with van der Waals surface area (Å²) in [6.07, 6.45) is 14.4. The van der Waals surface area contributed by atoms with Crippen LogP contribution in [0.15, 0.2) is 54.7 Å². The number of unbranched alkanes of at least 4 members (excludes halogenated alkanes) is 3. The molecule has 1 unspecified atom stereocenters. The monoisotopic (exact) mass is 334 g/mol. The minimum atomic E-state index is 0.875. The smallest absolute Gasteiger partial charge is 0.150 e. The van der Waals surface area contributed by atoms with E-state index in [-0.39, 0.29) is 0 Å². The van der Waals surface area contributed by atoms with Gasteiger partial charge in [-0.05, 0) is 25.8 Å². The van der Waals surface area contributed by atoms with Crippen LogP contribution in [0.3, 0.4) is 0 Å². The molecule has 1 nitrogen and oxygen atoms in total. The summed E-state index contributed by atoms with van der Waals surface area (Å²) in [6, 6.07) is 17.9. The average Bonchev–Trinajstić information content (AvgIpc) is 3.48. The number of hydrogen-bond acceptors (Lipinski definition) is 0. The third-order valence-corrected chi connectivity index (χ3v) is 5.09. The molecule has 1 heterocycles. The van der Waals surface area contributed by atoms with Crippen molar-refractivity contribution in [3.63, 3.8) is 0 Å². The second-order valence-electron chi connectivity index (χ2n) is 7.42. The van der Waals surface area contributed by atoms with E-state index in [9.17, 15) is 0 Å². The molecule has 1 saturated carbocycles. The standard InChI is InChI=1S/C21H26N.C3H6/c1-3-4-5-8-16-22(20-13-11-18(2)12-14-20)17-15-19-9-6-7-10-21(19)22;1-2-3-1/h6-7,9-15,17H,3-5,8,16H2,1-2H3;1-3H2/q+1;. The summed E-state index contributed by atoms with van der Waals surface area (Å²) in [4.78, 5) is 0. The van der Waals surface area contributed by atoms with Crippen LogP contribution in [0.5, 0.6) is 0 Å². The Balaban J connectivity index is 0.000000549. The highest BCUT2D eigenvalue weighted by Crippen LogP contribution is 2.43. The van der Waals surface area contributed by atoms with Gasteiger partial charge in [-0.3, -0.25) is 0 Å². The minimum Gasteiger partial charge on any atom is -0.232 e. The second kappa shape index (κ2) is 8.49. The predicted octanol–water partition coefficient (Wildman–Crippen LogP) is 7.37. The van der Waals surface area contributed by atoms with Crippen molar-refractivity contribution in [1.82, 2.24) is 4.48 Å². The molecule has 1 heteroatoms. The van der Waals surface area contributed by atoms with Crippen molar-refractivity contribution in [1.29, 1.82) is 0 Å². The number of quaternary nitrogens is 1. The highest BCUT2D eigenvalue weighted by atomic mass is 15.4. The SMILES string of the molecule is C1CC1.CCCCCC[N+]1(c2ccc(C)cc2)C=Cc2ccccc21. The molecule has 1 atom stereocenters. The van der Waals surface area contributed by atoms with Gasteiger partial charge in [-0.1, -0.05) is 68.9 Å². The molecule has 0 bridgehead atoms. The maximum absolute atomic E-state index is 2.38. The van der Waals surface area contributed by atoms with Crippen LogP contribution in [-0.4, -0.2) is 6.54 Å². The van der Waals surface area contributed by atoms with Crippen LogP contribution in [0, 0.1) is 6.92 Å². The molecule has 0 saturated heterocycles. The lowest BCUT2D eigenvalue weighted by Crippen LogP contribution is -2.37. The fourth-order valence-electron chi connectivity index (χ4n) is 3.43. The van der Waals surface area contributed by atoms with Crippen molar-refractivity contribution in [2.75, 3.05) is 6.54 Å². The summed E-state index contributed by atoms with van der Waals surface area (Å²) in [5, 5.41) is 0. The van der Waals surface area contributed by atoms with E-state index in [0.29, 0.717) is 0 Å². The van der Waals surface area contributed by atoms with Gasteiger partial charge in [0.1, 0.15) is 17.6 Å². The third kappa shape index (κ3) is 4.41. The fraction of sp³-hybridized carbons (Fsp3) is 0.417. The van der Waals surface area contributed by atoms with Crippen molar-refractivity contribution >= 4 is 17.5 Å². The van der Waals surface area contributed by atoms with Crippen LogP contribution >= 0.6 is 0 Å². The number of para-hydroxylation sites is 1. The Hall–Kier alpha value is -1.86. The lowest BCUT2D eigenvalue weighted by molar-refractivity contribution is 0.477. The normalized spacial score (nSPS) is 19.9. The van der Waals surface area contributed by atoms with Crippen LogP contribution < -0.4 is 4.48 Å². The van der Waals surface area contributed by atoms with Gasteiger partial charge in [-0.25, -0.2) is 4.48 Å². The molecule has 0 N–H and O–H groups in total. The third-order valence-electron chi connectivity index (χ3n) is 5.09. The molecule has 2 aromatic rings. The lowest BCUT2D eigenvalue weighted by atomic mass is 10.1. The molecule has 132 valence electrons. The van der Waals surface area contributed by atoms with E-state index in [1.54, 1.807) is 0 Å². The van der Waals surface area contributed by atoms with Crippen LogP contribution in [0.1, 0.15) is 63.0 Å². The van der Waals surface area contributed by atoms with E-state index in [4.69, 9.17) is 0 Å². The highest BCUT2D eigenvalue weighted by Gasteiger charge is 2.36. The molecule has 0 amide bonds. The van der Waals surface area contributed by atoms with Gasteiger partial charge in [-0.2, -0.15) is 0 Å². The van der Waals surface area contributed by atoms with Crippen LogP contribution in [0.4, 0.5) is 11.4 Å². The molecule has 1 aliphatic carbocycles. The Morgan fingerprint density at radius 2 is 1.56 bits per heavy atom. The van der Waals surface area contributed by atoms with Gasteiger partial charge < -0.3 is 0 Å². The van der Waals surface area contributed by atoms with Crippen LogP contribution in [0.25, 0.3) is 6.08 Å². The second-order valence-corrected chi connectivity index (χ2v) is 7.42. The molecule has 0 radical (unpaired) electrons. The minimum absolute atomic E-state index is 0.875. The van der Waals surface area contributed by atoms with Crippen LogP contribution in [-0.2, 0) is 0 Å². The maximum Gasteiger partial charge on any atom is 0.150 e. The predicted molar refractivity (Wildman–Crippen MR) is 111 cm³/mol. The number of nitrogens with zero attached hydrogens (tertiary/aromatic N) is 1. The first kappa shape index (κ1) is 17.9. The lowest BCUT2D eigenvalue weighted by Gasteiger charge is -2.32. The molecular formula is C24H32N+. The van der Waals surface area contributed by atoms with Crippen molar-refractivity contribution in [3.8, 4) is 0 Å². The van der Waals surface area contributed by atoms with Crippen molar-refractivity contribution in [2.24, 2.45) is 0 Å². The molecule has 0 spiro atoms. The van der Waals surface area contributed by atoms with Gasteiger partial charge >= 0.3 is 0 Å². The van der Waals surface area contributed by atoms with Crippen molar-refractivity contribution in [2.45, 2.75) is 58.8 Å². The summed E-state index contributed by atoms with van der Waals surface area (Å²) in [5.74, 6) is 0. The molecular weight excluding hydrogens is 302 g/mol. The number of hydrogen-bond donors (Lipinski definition) is 0. The molecule has 4 rings (SSSR count). The Morgan fingerprint density at radius 1 is 0.840 bits per heavy atom. The zero-order valence-electron chi connectivity index (χ0n) is 15.9. The van der Waals surface area contributed by atoms with Crippen molar-refractivity contribution < 1.29 is 0 Å². The summed E-state index contributed by atoms with van der Waals surface area (Å²) >= 11 is 0. The van der Waals surface area contributed by atoms with Gasteiger partial charge in [0.15, 0.2) is 0 Å². The maximum atomic E-state index is 2.38. The summed E-state index contributed by atoms with van der Waals surface area (Å²) < 4.78 is 0.875. The number of benzene rings is 2. The van der Waals surface area contributed by atoms with Gasteiger partial charge in [0.25, 0.3) is 0 Å². The van der Waals surface area contributed by atoms with E-state index in [2.05, 4.69) is 74.7 Å². The number of aryl methyl sites for hydroxylation is 1. The largest absolute Gasteiger partial charge is 0.232 e. The molecule has 1 fully saturated rings. The molecule has 2 aliphatic rings. The molecule has 0 aromatic heterocycles. The summed E-state index contributed by atoms with van der Waals surface area (Å²) in [5.41, 5.74) is 5.48. The highest BCUT2D eigenvalue weighted by molar-refractivity contribution is 5.79. The number of rotatable bonds is 6. The average molecular weight is 335 g/mol. The Kier molecular flexibility index (Phi) is 6.09. The first-order valence-electron chi connectivity index (χ1n) is 10.00. The first-order valence-corrected chi connectivity index (χ1v) is 10.00. The van der Waals surface area contributed by atoms with E-state index in [1.165, 1.54) is 67.4 Å². The Bertz CT molecular complexity index is 694. The fourth-order valence-corrected chi connectivity index (χ4v) is 3.43. The Morgan fingerprint density at radius 3 is 2.24 bits per heavy atom. The first-order chi connectivity index (χ1) is 12.3. The summed E-state index contributed by atoms with van der Waals surface area (Å²) in [6.45, 7) is 5.58. The zero-order chi connectivity index (χ0) is 17.5. The van der Waals surface area contributed by atoms with E-state index in [0.717, 1.165) is 11.0 Å². The van der Waals surface area contributed by atoms with Crippen molar-refractivity contribution in [3.05, 3.63) is 65.9 Å². The number of fused-ring (bicyclic) bond motifs is 1. The van der Waals surface area contributed by atoms with Gasteiger partial charge in [-0.15, -0.1) is 0 Å². The van der Waals surface area contributed by atoms with E-state index >= 15 is 0 Å². The van der Waals surface area contributed by atoms with E-state index < -0.39 is 0 Å². The topological polar surface area (TPSA) is 0 Å². The molecule has 25 heavy (non-hydrogen) atoms. The van der Waals surface area contributed by atoms with Gasteiger partial charge in [0, 0.05) is 29.8 Å². The quantitative estimate of drug-likeness (QED) is 0.382. The van der Waals surface area contributed by atoms with E-state index in [1.807, 2.05) is 0 Å². The molecule has 1 aliphatic heterocycles. The van der Waals surface area contributed by atoms with Crippen LogP contribution in [0.2, 0.25) is 0 Å². The van der Waals surface area contributed by atoms with Gasteiger partial charge in [0.05, 0.1) is 6.54 Å². The summed E-state index contributed by atoms with van der Waals surface area (Å²) in [7, 11) is 0. The van der Waals surface area contributed by atoms with Gasteiger partial charge in [0.2, 0.25) is 0 Å². The molecule has 2 aromatic carbocycles. The Labute approximate surface area is 153 Å².